The van der Waals surface area contributed by atoms with E-state index in [0.29, 0.717) is 18.9 Å². The van der Waals surface area contributed by atoms with Crippen LogP contribution in [-0.4, -0.2) is 12.5 Å². The van der Waals surface area contributed by atoms with Gasteiger partial charge in [0.2, 0.25) is 5.91 Å². The molecule has 1 atom stereocenters. The van der Waals surface area contributed by atoms with Crippen LogP contribution in [0.5, 0.6) is 0 Å². The number of rotatable bonds is 6. The van der Waals surface area contributed by atoms with Crippen molar-refractivity contribution in [3.8, 4) is 0 Å². The molecular formula is C15H24N2O. The fourth-order valence-corrected chi connectivity index (χ4v) is 2.11. The molecule has 0 aliphatic carbocycles. The second kappa shape index (κ2) is 7.17. The van der Waals surface area contributed by atoms with E-state index in [1.165, 1.54) is 11.1 Å². The lowest BCUT2D eigenvalue weighted by Crippen LogP contribution is -2.31. The predicted molar refractivity (Wildman–Crippen MR) is 75.2 cm³/mol. The number of nitrogens with two attached hydrogens (primary N) is 1. The zero-order chi connectivity index (χ0) is 13.5. The van der Waals surface area contributed by atoms with Gasteiger partial charge in [-0.05, 0) is 30.4 Å². The molecule has 18 heavy (non-hydrogen) atoms. The van der Waals surface area contributed by atoms with Gasteiger partial charge in [-0.25, -0.2) is 0 Å². The van der Waals surface area contributed by atoms with Crippen molar-refractivity contribution in [2.24, 2.45) is 11.7 Å². The molecule has 3 N–H and O–H groups in total. The average molecular weight is 248 g/mol. The Hall–Kier alpha value is -1.35. The number of carbonyl (C=O) groups excluding carboxylic acids is 1. The van der Waals surface area contributed by atoms with E-state index in [1.807, 2.05) is 12.1 Å². The molecule has 3 nitrogen and oxygen atoms in total. The van der Waals surface area contributed by atoms with Crippen molar-refractivity contribution in [2.45, 2.75) is 39.7 Å². The lowest BCUT2D eigenvalue weighted by molar-refractivity contribution is -0.121. The van der Waals surface area contributed by atoms with Crippen molar-refractivity contribution in [1.29, 1.82) is 0 Å². The number of nitrogens with one attached hydrogen (secondary N) is 1. The zero-order valence-corrected chi connectivity index (χ0v) is 11.6. The van der Waals surface area contributed by atoms with E-state index in [9.17, 15) is 4.79 Å². The quantitative estimate of drug-likeness (QED) is 0.813. The van der Waals surface area contributed by atoms with Crippen molar-refractivity contribution in [3.05, 3.63) is 35.4 Å². The first-order valence-corrected chi connectivity index (χ1v) is 6.59. The summed E-state index contributed by atoms with van der Waals surface area (Å²) in [6, 6.07) is 8.30. The molecule has 0 aliphatic heterocycles. The minimum Gasteiger partial charge on any atom is -0.349 e. The molecule has 0 spiro atoms. The average Bonchev–Trinajstić information content (AvgIpc) is 2.28. The minimum atomic E-state index is 0.0337. The summed E-state index contributed by atoms with van der Waals surface area (Å²) >= 11 is 0. The summed E-state index contributed by atoms with van der Waals surface area (Å²) in [6.07, 6.45) is 1.33. The monoisotopic (exact) mass is 248 g/mol. The van der Waals surface area contributed by atoms with Crippen molar-refractivity contribution < 1.29 is 4.79 Å². The van der Waals surface area contributed by atoms with E-state index >= 15 is 0 Å². The first-order chi connectivity index (χ1) is 8.54. The van der Waals surface area contributed by atoms with Crippen LogP contribution in [0.3, 0.4) is 0 Å². The Bertz CT molecular complexity index is 388. The maximum Gasteiger partial charge on any atom is 0.221 e. The van der Waals surface area contributed by atoms with Gasteiger partial charge in [-0.15, -0.1) is 0 Å². The Labute approximate surface area is 110 Å². The van der Waals surface area contributed by atoms with Crippen LogP contribution in [0.2, 0.25) is 0 Å². The lowest BCUT2D eigenvalue weighted by atomic mass is 9.94. The van der Waals surface area contributed by atoms with E-state index in [1.54, 1.807) is 0 Å². The number of benzene rings is 1. The topological polar surface area (TPSA) is 55.1 Å². The Morgan fingerprint density at radius 2 is 2.00 bits per heavy atom. The van der Waals surface area contributed by atoms with Gasteiger partial charge >= 0.3 is 0 Å². The highest BCUT2D eigenvalue weighted by molar-refractivity contribution is 5.76. The first kappa shape index (κ1) is 14.7. The Kier molecular flexibility index (Phi) is 5.86. The van der Waals surface area contributed by atoms with Crippen molar-refractivity contribution in [3.63, 3.8) is 0 Å². The molecule has 100 valence electrons. The highest BCUT2D eigenvalue weighted by Crippen LogP contribution is 2.24. The van der Waals surface area contributed by atoms with E-state index in [-0.39, 0.29) is 11.9 Å². The maximum atomic E-state index is 11.7. The minimum absolute atomic E-state index is 0.0337. The number of amides is 1. The third kappa shape index (κ3) is 4.49. The van der Waals surface area contributed by atoms with Gasteiger partial charge in [0.1, 0.15) is 0 Å². The van der Waals surface area contributed by atoms with Crippen LogP contribution in [0.15, 0.2) is 24.3 Å². The summed E-state index contributed by atoms with van der Waals surface area (Å²) in [5, 5.41) is 3.09. The molecule has 1 aromatic carbocycles. The standard InChI is InChI=1S/C15H24N2O/c1-11(2)10-14(17-15(18)8-9-16)13-7-5-4-6-12(13)3/h4-7,11,14H,8-10,16H2,1-3H3,(H,17,18). The third-order valence-corrected chi connectivity index (χ3v) is 2.98. The lowest BCUT2D eigenvalue weighted by Gasteiger charge is -2.22. The van der Waals surface area contributed by atoms with Crippen LogP contribution < -0.4 is 11.1 Å². The summed E-state index contributed by atoms with van der Waals surface area (Å²) in [5.41, 5.74) is 7.84. The molecule has 1 unspecified atom stereocenters. The molecule has 0 heterocycles. The summed E-state index contributed by atoms with van der Waals surface area (Å²) in [5.74, 6) is 0.569. The van der Waals surface area contributed by atoms with Crippen LogP contribution in [0.1, 0.15) is 43.9 Å². The molecule has 0 saturated carbocycles. The van der Waals surface area contributed by atoms with Gasteiger partial charge in [-0.1, -0.05) is 38.1 Å². The number of carbonyl (C=O) groups is 1. The van der Waals surface area contributed by atoms with Crippen molar-refractivity contribution >= 4 is 5.91 Å². The highest BCUT2D eigenvalue weighted by atomic mass is 16.1. The number of aryl methyl sites for hydroxylation is 1. The van der Waals surface area contributed by atoms with E-state index in [2.05, 4.69) is 38.2 Å². The summed E-state index contributed by atoms with van der Waals surface area (Å²) < 4.78 is 0. The molecule has 1 rings (SSSR count). The van der Waals surface area contributed by atoms with Gasteiger partial charge in [0, 0.05) is 13.0 Å². The van der Waals surface area contributed by atoms with Crippen molar-refractivity contribution in [2.75, 3.05) is 6.54 Å². The van der Waals surface area contributed by atoms with Gasteiger partial charge in [-0.2, -0.15) is 0 Å². The van der Waals surface area contributed by atoms with Gasteiger partial charge in [0.25, 0.3) is 0 Å². The molecule has 3 heteroatoms. The second-order valence-electron chi connectivity index (χ2n) is 5.14. The highest BCUT2D eigenvalue weighted by Gasteiger charge is 2.17. The van der Waals surface area contributed by atoms with Crippen LogP contribution in [0.25, 0.3) is 0 Å². The number of hydrogen-bond donors (Lipinski definition) is 2. The van der Waals surface area contributed by atoms with Crippen LogP contribution >= 0.6 is 0 Å². The summed E-state index contributed by atoms with van der Waals surface area (Å²) in [4.78, 5) is 11.7. The molecule has 0 fully saturated rings. The normalized spacial score (nSPS) is 12.5. The van der Waals surface area contributed by atoms with Crippen LogP contribution in [0.4, 0.5) is 0 Å². The fourth-order valence-electron chi connectivity index (χ4n) is 2.11. The molecular weight excluding hydrogens is 224 g/mol. The molecule has 1 aromatic rings. The maximum absolute atomic E-state index is 11.7. The second-order valence-corrected chi connectivity index (χ2v) is 5.14. The predicted octanol–water partition coefficient (Wildman–Crippen LogP) is 2.55. The van der Waals surface area contributed by atoms with E-state index in [0.717, 1.165) is 6.42 Å². The van der Waals surface area contributed by atoms with Gasteiger partial charge < -0.3 is 11.1 Å². The van der Waals surface area contributed by atoms with Gasteiger partial charge in [0.15, 0.2) is 0 Å². The Morgan fingerprint density at radius 3 is 2.56 bits per heavy atom. The molecule has 0 radical (unpaired) electrons. The largest absolute Gasteiger partial charge is 0.349 e. The first-order valence-electron chi connectivity index (χ1n) is 6.59. The Morgan fingerprint density at radius 1 is 1.33 bits per heavy atom. The van der Waals surface area contributed by atoms with Crippen LogP contribution in [0, 0.1) is 12.8 Å². The molecule has 0 bridgehead atoms. The van der Waals surface area contributed by atoms with E-state index in [4.69, 9.17) is 5.73 Å². The van der Waals surface area contributed by atoms with Crippen molar-refractivity contribution in [1.82, 2.24) is 5.32 Å². The Balaban J connectivity index is 2.84. The van der Waals surface area contributed by atoms with Gasteiger partial charge in [-0.3, -0.25) is 4.79 Å². The summed E-state index contributed by atoms with van der Waals surface area (Å²) in [6.45, 7) is 6.81. The number of hydrogen-bond acceptors (Lipinski definition) is 2. The third-order valence-electron chi connectivity index (χ3n) is 2.98. The van der Waals surface area contributed by atoms with Gasteiger partial charge in [0.05, 0.1) is 6.04 Å². The fraction of sp³-hybridized carbons (Fsp3) is 0.533. The zero-order valence-electron chi connectivity index (χ0n) is 11.6. The van der Waals surface area contributed by atoms with Crippen LogP contribution in [-0.2, 0) is 4.79 Å². The molecule has 0 saturated heterocycles. The SMILES string of the molecule is Cc1ccccc1C(CC(C)C)NC(=O)CCN. The summed E-state index contributed by atoms with van der Waals surface area (Å²) in [7, 11) is 0. The molecule has 1 amide bonds. The molecule has 0 aromatic heterocycles. The smallest absolute Gasteiger partial charge is 0.221 e. The van der Waals surface area contributed by atoms with E-state index < -0.39 is 0 Å². The molecule has 0 aliphatic rings.